The zero-order chi connectivity index (χ0) is 15.5. The lowest BCUT2D eigenvalue weighted by molar-refractivity contribution is 0.377. The van der Waals surface area contributed by atoms with Crippen LogP contribution in [-0.2, 0) is 10.2 Å². The van der Waals surface area contributed by atoms with Gasteiger partial charge in [-0.3, -0.25) is 0 Å². The minimum absolute atomic E-state index is 0.0775. The number of hydrogen-bond acceptors (Lipinski definition) is 7. The third-order valence-electron chi connectivity index (χ3n) is 2.57. The molecule has 0 atom stereocenters. The van der Waals surface area contributed by atoms with Crippen molar-refractivity contribution < 1.29 is 14.3 Å². The number of aliphatic imine (C=N–C) groups is 1. The first-order valence-electron chi connectivity index (χ1n) is 6.22. The fourth-order valence-electron chi connectivity index (χ4n) is 1.51. The number of methoxy groups -OCH3 is 1. The Labute approximate surface area is 126 Å². The molecule has 0 aliphatic carbocycles. The number of benzene rings is 1. The second-order valence-corrected chi connectivity index (χ2v) is 6.20. The molecule has 2 aromatic rings. The van der Waals surface area contributed by atoms with Gasteiger partial charge < -0.3 is 9.47 Å². The van der Waals surface area contributed by atoms with Crippen molar-refractivity contribution in [1.29, 1.82) is 0 Å². The quantitative estimate of drug-likeness (QED) is 0.637. The van der Waals surface area contributed by atoms with Crippen LogP contribution in [0.2, 0.25) is 0 Å². The maximum atomic E-state index is 10.3. The van der Waals surface area contributed by atoms with Gasteiger partial charge in [0.15, 0.2) is 11.5 Å². The topological polar surface area (TPSA) is 73.7 Å². The molecule has 0 unspecified atom stereocenters. The molecular weight excluding hydrogens is 290 g/mol. The lowest BCUT2D eigenvalue weighted by Crippen LogP contribution is -2.10. The van der Waals surface area contributed by atoms with E-state index in [4.69, 9.17) is 9.47 Å². The van der Waals surface area contributed by atoms with Crippen molar-refractivity contribution in [2.75, 3.05) is 7.11 Å². The minimum atomic E-state index is -0.0775. The molecule has 0 amide bonds. The van der Waals surface area contributed by atoms with E-state index in [1.54, 1.807) is 18.2 Å². The Morgan fingerprint density at radius 1 is 1.24 bits per heavy atom. The van der Waals surface area contributed by atoms with Gasteiger partial charge in [-0.15, -0.1) is 5.10 Å². The van der Waals surface area contributed by atoms with Gasteiger partial charge in [-0.25, -0.2) is 4.79 Å². The zero-order valence-electron chi connectivity index (χ0n) is 12.2. The third kappa shape index (κ3) is 3.65. The van der Waals surface area contributed by atoms with E-state index in [1.165, 1.54) is 24.5 Å². The van der Waals surface area contributed by atoms with Crippen molar-refractivity contribution in [2.45, 2.75) is 26.2 Å². The predicted molar refractivity (Wildman–Crippen MR) is 79.5 cm³/mol. The van der Waals surface area contributed by atoms with Crippen LogP contribution in [0, 0.1) is 0 Å². The van der Waals surface area contributed by atoms with Gasteiger partial charge in [-0.2, -0.15) is 4.99 Å². The maximum Gasteiger partial charge on any atom is 0.299 e. The van der Waals surface area contributed by atoms with Crippen molar-refractivity contribution in [3.63, 3.8) is 0 Å². The first kappa shape index (κ1) is 15.2. The second kappa shape index (κ2) is 6.03. The molecule has 0 fully saturated rings. The van der Waals surface area contributed by atoms with E-state index in [1.807, 2.05) is 0 Å². The highest BCUT2D eigenvalue weighted by atomic mass is 32.1. The molecule has 0 radical (unpaired) electrons. The molecule has 7 heteroatoms. The van der Waals surface area contributed by atoms with E-state index in [2.05, 4.69) is 36.0 Å². The van der Waals surface area contributed by atoms with E-state index in [0.29, 0.717) is 22.4 Å². The lowest BCUT2D eigenvalue weighted by atomic mass is 9.98. The smallest absolute Gasteiger partial charge is 0.299 e. The minimum Gasteiger partial charge on any atom is -0.493 e. The zero-order valence-corrected chi connectivity index (χ0v) is 13.0. The van der Waals surface area contributed by atoms with Gasteiger partial charge in [0.25, 0.3) is 5.19 Å². The number of rotatable bonds is 4. The highest BCUT2D eigenvalue weighted by Gasteiger charge is 2.20. The maximum absolute atomic E-state index is 10.3. The normalized spacial score (nSPS) is 10.9. The molecule has 1 aromatic heterocycles. The molecule has 0 aliphatic rings. The van der Waals surface area contributed by atoms with E-state index in [-0.39, 0.29) is 5.41 Å². The Morgan fingerprint density at radius 2 is 2.00 bits per heavy atom. The number of aromatic nitrogens is 2. The van der Waals surface area contributed by atoms with Crippen LogP contribution in [0.5, 0.6) is 16.7 Å². The summed E-state index contributed by atoms with van der Waals surface area (Å²) >= 11 is 1.38. The van der Waals surface area contributed by atoms with Gasteiger partial charge in [0, 0.05) is 11.5 Å². The van der Waals surface area contributed by atoms with Crippen LogP contribution < -0.4 is 9.47 Å². The Kier molecular flexibility index (Phi) is 4.35. The van der Waals surface area contributed by atoms with Crippen molar-refractivity contribution in [2.24, 2.45) is 4.99 Å². The molecule has 0 saturated carbocycles. The average Bonchev–Trinajstić information content (AvgIpc) is 2.89. The van der Waals surface area contributed by atoms with Gasteiger partial charge in [-0.05, 0) is 12.1 Å². The Balaban J connectivity index is 2.27. The van der Waals surface area contributed by atoms with E-state index in [9.17, 15) is 4.79 Å². The van der Waals surface area contributed by atoms with Crippen molar-refractivity contribution in [3.05, 3.63) is 23.2 Å². The largest absolute Gasteiger partial charge is 0.493 e. The van der Waals surface area contributed by atoms with Gasteiger partial charge in [-0.1, -0.05) is 37.2 Å². The Bertz CT molecular complexity index is 685. The summed E-state index contributed by atoms with van der Waals surface area (Å²) in [5.74, 6) is 0.943. The Morgan fingerprint density at radius 3 is 2.57 bits per heavy atom. The van der Waals surface area contributed by atoms with Crippen LogP contribution in [0.15, 0.2) is 23.2 Å². The average molecular weight is 305 g/mol. The van der Waals surface area contributed by atoms with E-state index < -0.39 is 0 Å². The molecule has 0 aliphatic heterocycles. The van der Waals surface area contributed by atoms with Crippen molar-refractivity contribution >= 4 is 23.1 Å². The molecular formula is C14H15N3O3S. The summed E-state index contributed by atoms with van der Waals surface area (Å²) in [5.41, 5.74) is 0.369. The number of carbonyl (C=O) groups excluding carboxylic acids is 1. The molecule has 1 aromatic carbocycles. The monoisotopic (exact) mass is 305 g/mol. The SMILES string of the molecule is COc1cc(N=C=O)ccc1Oc1nnc(C(C)(C)C)s1. The van der Waals surface area contributed by atoms with Crippen LogP contribution in [0.3, 0.4) is 0 Å². The summed E-state index contributed by atoms with van der Waals surface area (Å²) in [4.78, 5) is 13.8. The summed E-state index contributed by atoms with van der Waals surface area (Å²) in [6.45, 7) is 6.18. The molecule has 110 valence electrons. The fourth-order valence-corrected chi connectivity index (χ4v) is 2.28. The van der Waals surface area contributed by atoms with Gasteiger partial charge in [0.1, 0.15) is 5.01 Å². The molecule has 0 bridgehead atoms. The van der Waals surface area contributed by atoms with E-state index >= 15 is 0 Å². The van der Waals surface area contributed by atoms with Crippen LogP contribution in [0.25, 0.3) is 0 Å². The number of ether oxygens (including phenoxy) is 2. The first-order valence-corrected chi connectivity index (χ1v) is 7.03. The molecule has 0 spiro atoms. The molecule has 1 heterocycles. The molecule has 0 saturated heterocycles. The highest BCUT2D eigenvalue weighted by molar-refractivity contribution is 7.13. The lowest BCUT2D eigenvalue weighted by Gasteiger charge is -2.12. The van der Waals surface area contributed by atoms with Crippen LogP contribution >= 0.6 is 11.3 Å². The van der Waals surface area contributed by atoms with Gasteiger partial charge in [0.2, 0.25) is 6.08 Å². The first-order chi connectivity index (χ1) is 9.94. The molecule has 21 heavy (non-hydrogen) atoms. The standard InChI is InChI=1S/C14H15N3O3S/c1-14(2,3)12-16-17-13(21-12)20-10-6-5-9(15-8-18)7-11(10)19-4/h5-7H,1-4H3. The summed E-state index contributed by atoms with van der Waals surface area (Å²) in [5, 5.41) is 9.46. The van der Waals surface area contributed by atoms with Crippen molar-refractivity contribution in [1.82, 2.24) is 10.2 Å². The van der Waals surface area contributed by atoms with Crippen LogP contribution in [-0.4, -0.2) is 23.4 Å². The van der Waals surface area contributed by atoms with Crippen LogP contribution in [0.1, 0.15) is 25.8 Å². The third-order valence-corrected chi connectivity index (χ3v) is 3.79. The van der Waals surface area contributed by atoms with Gasteiger partial charge >= 0.3 is 0 Å². The Hall–Kier alpha value is -2.24. The summed E-state index contributed by atoms with van der Waals surface area (Å²) in [6, 6.07) is 4.88. The summed E-state index contributed by atoms with van der Waals surface area (Å²) < 4.78 is 10.9. The fraction of sp³-hybridized carbons (Fsp3) is 0.357. The number of hydrogen-bond donors (Lipinski definition) is 0. The van der Waals surface area contributed by atoms with Gasteiger partial charge in [0.05, 0.1) is 12.8 Å². The van der Waals surface area contributed by atoms with Crippen LogP contribution in [0.4, 0.5) is 5.69 Å². The molecule has 2 rings (SSSR count). The highest BCUT2D eigenvalue weighted by Crippen LogP contribution is 2.37. The second-order valence-electron chi connectivity index (χ2n) is 5.26. The van der Waals surface area contributed by atoms with E-state index in [0.717, 1.165) is 5.01 Å². The molecule has 0 N–H and O–H groups in total. The van der Waals surface area contributed by atoms with Crippen molar-refractivity contribution in [3.8, 4) is 16.7 Å². The predicted octanol–water partition coefficient (Wildman–Crippen LogP) is 3.60. The summed E-state index contributed by atoms with van der Waals surface area (Å²) in [6.07, 6.45) is 1.48. The number of isocyanates is 1. The molecule has 6 nitrogen and oxygen atoms in total. The summed E-state index contributed by atoms with van der Waals surface area (Å²) in [7, 11) is 1.51. The number of nitrogens with zero attached hydrogens (tertiary/aromatic N) is 3.